The van der Waals surface area contributed by atoms with Crippen molar-refractivity contribution in [3.63, 3.8) is 0 Å². The molecule has 0 aliphatic carbocycles. The maximum Gasteiger partial charge on any atom is 0.529 e. The Balaban J connectivity index is 2.08. The molecule has 7 N–H and O–H groups in total. The molecule has 53 heavy (non-hydrogen) atoms. The Morgan fingerprint density at radius 3 is 1.43 bits per heavy atom. The van der Waals surface area contributed by atoms with Crippen LogP contribution in [-0.4, -0.2) is 108 Å². The van der Waals surface area contributed by atoms with Crippen molar-refractivity contribution in [1.82, 2.24) is 10.2 Å². The van der Waals surface area contributed by atoms with E-state index in [1.54, 1.807) is 55.1 Å². The number of rotatable bonds is 22. The minimum Gasteiger partial charge on any atom is -0.395 e. The van der Waals surface area contributed by atoms with Crippen LogP contribution in [0, 0.1) is 0 Å². The van der Waals surface area contributed by atoms with E-state index in [0.29, 0.717) is 26.7 Å². The van der Waals surface area contributed by atoms with Gasteiger partial charge in [-0.3, -0.25) is 18.6 Å². The van der Waals surface area contributed by atoms with Crippen molar-refractivity contribution in [2.24, 2.45) is 0 Å². The van der Waals surface area contributed by atoms with E-state index < -0.39 is 67.8 Å². The summed E-state index contributed by atoms with van der Waals surface area (Å²) >= 11 is 0. The molecule has 3 rings (SSSR count). The van der Waals surface area contributed by atoms with Gasteiger partial charge in [0.1, 0.15) is 12.6 Å². The summed E-state index contributed by atoms with van der Waals surface area (Å²) in [6.07, 6.45) is -1.38. The molecule has 0 aliphatic heterocycles. The lowest BCUT2D eigenvalue weighted by Gasteiger charge is -2.41. The molecule has 2 unspecified atom stereocenters. The molecule has 0 spiro atoms. The molecule has 3 aromatic rings. The number of aryl methyl sites for hydroxylation is 1. The van der Waals surface area contributed by atoms with E-state index >= 15 is 0 Å². The molecule has 17 nitrogen and oxygen atoms in total. The van der Waals surface area contributed by atoms with Gasteiger partial charge in [-0.2, -0.15) is 0 Å². The Kier molecular flexibility index (Phi) is 16.5. The van der Waals surface area contributed by atoms with E-state index in [9.17, 15) is 43.1 Å². The third-order valence-corrected chi connectivity index (χ3v) is 20.9. The van der Waals surface area contributed by atoms with Gasteiger partial charge in [-0.1, -0.05) is 79.7 Å². The van der Waals surface area contributed by atoms with Gasteiger partial charge in [0.2, 0.25) is 0 Å². The van der Waals surface area contributed by atoms with E-state index in [4.69, 9.17) is 25.9 Å². The minimum atomic E-state index is -4.63. The fraction of sp³-hybridized carbons (Fsp3) is 0.400. The largest absolute Gasteiger partial charge is 0.529 e. The summed E-state index contributed by atoms with van der Waals surface area (Å²) in [5, 5.41) is 4.49. The molecule has 0 aromatic heterocycles. The second kappa shape index (κ2) is 19.1. The number of nitrogens with zero attached hydrogens (tertiary/aromatic N) is 1. The van der Waals surface area contributed by atoms with Gasteiger partial charge in [0.15, 0.2) is 0 Å². The van der Waals surface area contributed by atoms with Crippen molar-refractivity contribution in [1.29, 1.82) is 0 Å². The average molecular weight is 855 g/mol. The first kappa shape index (κ1) is 45.8. The highest BCUT2D eigenvalue weighted by atomic mass is 31.2. The lowest BCUT2D eigenvalue weighted by atomic mass is 10.2. The normalized spacial score (nSPS) is 15.3. The summed E-state index contributed by atoms with van der Waals surface area (Å²) in [4.78, 5) is 57.4. The predicted octanol–water partition coefficient (Wildman–Crippen LogP) is 1.14. The summed E-state index contributed by atoms with van der Waals surface area (Å²) in [5.74, 6) is 0. The maximum atomic E-state index is 11.7. The SMILES string of the molecule is CCc1ccc([Si](OC)(OC)O[Si](OC)(O[Si](C)(OC)c2ccc(CN(CP(=O)(O)O)CP(=O)(O)O)cc2)c2ccc(CNCP(=O)(O)O)cc2)cc1. The zero-order chi connectivity index (χ0) is 39.7. The van der Waals surface area contributed by atoms with Gasteiger partial charge < -0.3 is 60.6 Å². The van der Waals surface area contributed by atoms with E-state index in [-0.39, 0.29) is 13.1 Å². The van der Waals surface area contributed by atoms with Crippen LogP contribution in [0.5, 0.6) is 0 Å². The van der Waals surface area contributed by atoms with Gasteiger partial charge in [0, 0.05) is 51.9 Å². The molecule has 0 fully saturated rings. The zero-order valence-corrected chi connectivity index (χ0v) is 36.0. The highest BCUT2D eigenvalue weighted by Crippen LogP contribution is 2.41. The standard InChI is InChI=1S/C30H49N2O15P3Si3/c1-7-25-8-16-29(17-9-25)52(43-3,44-4)47-53(45-5,30-18-10-26(11-19-30)20-31-22-48(33,34)35)46-51(6,42-2)28-14-12-27(13-15-28)21-32(23-49(36,37)38)24-50(39,40)41/h8-19,31H,7,20-24H2,1-6H3,(H2,33,34,35)(H2,36,37,38)(H2,39,40,41). The van der Waals surface area contributed by atoms with Gasteiger partial charge in [-0.05, 0) is 34.8 Å². The molecule has 296 valence electrons. The quantitative estimate of drug-likeness (QED) is 0.0554. The summed E-state index contributed by atoms with van der Waals surface area (Å²) in [6, 6.07) is 21.3. The smallest absolute Gasteiger partial charge is 0.395 e. The molecule has 0 amide bonds. The van der Waals surface area contributed by atoms with Crippen molar-refractivity contribution < 1.29 is 69.0 Å². The van der Waals surface area contributed by atoms with Crippen LogP contribution >= 0.6 is 22.8 Å². The molecule has 2 atom stereocenters. The van der Waals surface area contributed by atoms with Crippen LogP contribution in [-0.2, 0) is 59.1 Å². The monoisotopic (exact) mass is 854 g/mol. The van der Waals surface area contributed by atoms with Crippen LogP contribution in [0.4, 0.5) is 0 Å². The maximum absolute atomic E-state index is 11.7. The van der Waals surface area contributed by atoms with Crippen LogP contribution in [0.3, 0.4) is 0 Å². The highest BCUT2D eigenvalue weighted by molar-refractivity contribution is 7.52. The lowest BCUT2D eigenvalue weighted by Crippen LogP contribution is -2.72. The van der Waals surface area contributed by atoms with Gasteiger partial charge in [0.25, 0.3) is 0 Å². The first-order valence-electron chi connectivity index (χ1n) is 16.1. The Morgan fingerprint density at radius 2 is 1.02 bits per heavy atom. The van der Waals surface area contributed by atoms with Gasteiger partial charge in [-0.15, -0.1) is 0 Å². The molecular weight excluding hydrogens is 806 g/mol. The van der Waals surface area contributed by atoms with E-state index in [0.717, 1.165) is 16.9 Å². The topological polar surface area (TPSA) is 243 Å². The Morgan fingerprint density at radius 1 is 0.585 bits per heavy atom. The third-order valence-electron chi connectivity index (χ3n) is 8.12. The van der Waals surface area contributed by atoms with Gasteiger partial charge in [-0.25, -0.2) is 0 Å². The molecule has 0 saturated heterocycles. The molecule has 23 heteroatoms. The molecule has 3 aromatic carbocycles. The van der Waals surface area contributed by atoms with Crippen molar-refractivity contribution in [3.8, 4) is 0 Å². The molecule has 0 heterocycles. The average Bonchev–Trinajstić information content (AvgIpc) is 3.09. The molecular formula is C30H49N2O15P3Si3. The van der Waals surface area contributed by atoms with Crippen LogP contribution < -0.4 is 20.9 Å². The second-order valence-corrected chi connectivity index (χ2v) is 26.2. The van der Waals surface area contributed by atoms with Gasteiger partial charge in [0.05, 0.1) is 6.29 Å². The van der Waals surface area contributed by atoms with E-state index in [2.05, 4.69) is 5.32 Å². The summed E-state index contributed by atoms with van der Waals surface area (Å²) in [5.41, 5.74) is 2.32. The van der Waals surface area contributed by atoms with Gasteiger partial charge >= 0.3 is 49.0 Å². The van der Waals surface area contributed by atoms with Crippen molar-refractivity contribution in [2.45, 2.75) is 33.0 Å². The van der Waals surface area contributed by atoms with Crippen molar-refractivity contribution >= 4 is 64.5 Å². The molecule has 0 radical (unpaired) electrons. The van der Waals surface area contributed by atoms with E-state index in [1.807, 2.05) is 31.2 Å². The first-order valence-corrected chi connectivity index (χ1v) is 27.3. The fourth-order valence-corrected chi connectivity index (χ4v) is 18.0. The summed E-state index contributed by atoms with van der Waals surface area (Å²) in [7, 11) is -19.1. The summed E-state index contributed by atoms with van der Waals surface area (Å²) in [6.45, 7) is 3.82. The summed E-state index contributed by atoms with van der Waals surface area (Å²) < 4.78 is 73.1. The first-order chi connectivity index (χ1) is 24.6. The van der Waals surface area contributed by atoms with E-state index in [1.165, 1.54) is 28.4 Å². The van der Waals surface area contributed by atoms with Crippen molar-refractivity contribution in [2.75, 3.05) is 47.3 Å². The molecule has 0 bridgehead atoms. The van der Waals surface area contributed by atoms with Crippen LogP contribution in [0.25, 0.3) is 0 Å². The minimum absolute atomic E-state index is 0.162. The predicted molar refractivity (Wildman–Crippen MR) is 204 cm³/mol. The Labute approximate surface area is 312 Å². The third kappa shape index (κ3) is 13.6. The Bertz CT molecular complexity index is 1730. The molecule has 0 aliphatic rings. The number of hydrogen-bond donors (Lipinski definition) is 7. The second-order valence-electron chi connectivity index (χ2n) is 12.2. The highest BCUT2D eigenvalue weighted by Gasteiger charge is 2.59. The number of nitrogens with one attached hydrogen (secondary N) is 1. The van der Waals surface area contributed by atoms with Crippen LogP contribution in [0.15, 0.2) is 72.8 Å². The van der Waals surface area contributed by atoms with Crippen LogP contribution in [0.1, 0.15) is 23.6 Å². The molecule has 0 saturated carbocycles. The van der Waals surface area contributed by atoms with Crippen LogP contribution in [0.2, 0.25) is 6.55 Å². The number of hydrogen-bond acceptors (Lipinski definition) is 11. The van der Waals surface area contributed by atoms with Crippen molar-refractivity contribution in [3.05, 3.63) is 89.5 Å². The number of benzene rings is 3. The zero-order valence-electron chi connectivity index (χ0n) is 30.3. The lowest BCUT2D eigenvalue weighted by molar-refractivity contribution is 0.116. The Hall–Kier alpha value is -1.56. The fourth-order valence-electron chi connectivity index (χ4n) is 5.41.